The Morgan fingerprint density at radius 3 is 2.81 bits per heavy atom. The van der Waals surface area contributed by atoms with Crippen LogP contribution in [0.5, 0.6) is 0 Å². The third kappa shape index (κ3) is 5.76. The molecule has 0 atom stereocenters. The van der Waals surface area contributed by atoms with Crippen molar-refractivity contribution in [3.8, 4) is 0 Å². The molecule has 27 heavy (non-hydrogen) atoms. The number of carbonyl (C=O) groups is 1. The summed E-state index contributed by atoms with van der Waals surface area (Å²) >= 11 is 1.36. The predicted molar refractivity (Wildman–Crippen MR) is 107 cm³/mol. The van der Waals surface area contributed by atoms with Crippen LogP contribution in [-0.2, 0) is 11.2 Å². The summed E-state index contributed by atoms with van der Waals surface area (Å²) in [4.78, 5) is 15.2. The minimum atomic E-state index is -0.793. The molecule has 1 saturated carbocycles. The molecule has 0 radical (unpaired) electrons. The van der Waals surface area contributed by atoms with Crippen molar-refractivity contribution in [3.63, 3.8) is 0 Å². The number of thioether (sulfide) groups is 1. The average molecular weight is 390 g/mol. The molecule has 0 aromatic carbocycles. The number of hydrogen-bond acceptors (Lipinski definition) is 5. The van der Waals surface area contributed by atoms with Gasteiger partial charge < -0.3 is 13.9 Å². The normalized spacial score (nSPS) is 20.4. The molecule has 0 saturated heterocycles. The first-order chi connectivity index (χ1) is 13.0. The molecule has 1 fully saturated rings. The summed E-state index contributed by atoms with van der Waals surface area (Å²) in [6, 6.07) is 3.88. The molecular formula is C21H27NO4S. The SMILES string of the molecule is Cc1oc(C2CCC(C)CC2)nc1Cc1ccc(/C=C/CSCC(=O)O)o1. The Morgan fingerprint density at radius 2 is 2.07 bits per heavy atom. The van der Waals surface area contributed by atoms with Gasteiger partial charge in [-0.05, 0) is 56.7 Å². The zero-order valence-corrected chi connectivity index (χ0v) is 16.8. The van der Waals surface area contributed by atoms with Gasteiger partial charge in [0.15, 0.2) is 5.89 Å². The molecule has 6 heteroatoms. The average Bonchev–Trinajstić information content (AvgIpc) is 3.22. The van der Waals surface area contributed by atoms with E-state index in [0.29, 0.717) is 18.1 Å². The second-order valence-corrected chi connectivity index (χ2v) is 8.33. The van der Waals surface area contributed by atoms with Crippen LogP contribution in [0.4, 0.5) is 0 Å². The van der Waals surface area contributed by atoms with Crippen molar-refractivity contribution in [2.45, 2.75) is 51.9 Å². The highest BCUT2D eigenvalue weighted by Gasteiger charge is 2.25. The minimum absolute atomic E-state index is 0.113. The molecule has 2 aromatic rings. The van der Waals surface area contributed by atoms with E-state index in [1.807, 2.05) is 31.2 Å². The number of aromatic nitrogens is 1. The van der Waals surface area contributed by atoms with Crippen molar-refractivity contribution in [2.75, 3.05) is 11.5 Å². The summed E-state index contributed by atoms with van der Waals surface area (Å²) in [7, 11) is 0. The lowest BCUT2D eigenvalue weighted by Crippen LogP contribution is -2.11. The van der Waals surface area contributed by atoms with E-state index in [2.05, 4.69) is 6.92 Å². The van der Waals surface area contributed by atoms with Gasteiger partial charge in [-0.15, -0.1) is 11.8 Å². The largest absolute Gasteiger partial charge is 0.481 e. The van der Waals surface area contributed by atoms with Crippen molar-refractivity contribution in [1.29, 1.82) is 0 Å². The van der Waals surface area contributed by atoms with Gasteiger partial charge in [-0.2, -0.15) is 0 Å². The molecular weight excluding hydrogens is 362 g/mol. The van der Waals surface area contributed by atoms with Crippen molar-refractivity contribution in [2.24, 2.45) is 5.92 Å². The fraction of sp³-hybridized carbons (Fsp3) is 0.524. The van der Waals surface area contributed by atoms with Crippen molar-refractivity contribution in [1.82, 2.24) is 4.98 Å². The van der Waals surface area contributed by atoms with Gasteiger partial charge in [-0.25, -0.2) is 4.98 Å². The zero-order valence-electron chi connectivity index (χ0n) is 15.9. The summed E-state index contributed by atoms with van der Waals surface area (Å²) in [6.45, 7) is 4.29. The number of oxazole rings is 1. The number of hydrogen-bond donors (Lipinski definition) is 1. The molecule has 2 heterocycles. The smallest absolute Gasteiger partial charge is 0.313 e. The Morgan fingerprint density at radius 1 is 1.30 bits per heavy atom. The van der Waals surface area contributed by atoms with Gasteiger partial charge >= 0.3 is 5.97 Å². The van der Waals surface area contributed by atoms with Crippen LogP contribution >= 0.6 is 11.8 Å². The van der Waals surface area contributed by atoms with Gasteiger partial charge in [0.2, 0.25) is 0 Å². The first-order valence-corrected chi connectivity index (χ1v) is 10.7. The van der Waals surface area contributed by atoms with Gasteiger partial charge in [-0.3, -0.25) is 4.79 Å². The third-order valence-electron chi connectivity index (χ3n) is 5.02. The number of aryl methyl sites for hydroxylation is 1. The van der Waals surface area contributed by atoms with E-state index in [1.165, 1.54) is 24.6 Å². The van der Waals surface area contributed by atoms with Crippen LogP contribution in [0.2, 0.25) is 0 Å². The summed E-state index contributed by atoms with van der Waals surface area (Å²) in [5, 5.41) is 8.62. The second-order valence-electron chi connectivity index (χ2n) is 7.30. The molecule has 3 rings (SSSR count). The maximum absolute atomic E-state index is 10.5. The summed E-state index contributed by atoms with van der Waals surface area (Å²) < 4.78 is 11.8. The molecule has 0 amide bonds. The van der Waals surface area contributed by atoms with Gasteiger partial charge in [0, 0.05) is 11.7 Å². The lowest BCUT2D eigenvalue weighted by atomic mass is 9.83. The van der Waals surface area contributed by atoms with Gasteiger partial charge in [0.1, 0.15) is 17.3 Å². The van der Waals surface area contributed by atoms with E-state index in [9.17, 15) is 4.79 Å². The summed E-state index contributed by atoms with van der Waals surface area (Å²) in [5.74, 6) is 4.62. The van der Waals surface area contributed by atoms with Crippen LogP contribution < -0.4 is 0 Å². The van der Waals surface area contributed by atoms with E-state index < -0.39 is 5.97 Å². The van der Waals surface area contributed by atoms with Gasteiger partial charge in [-0.1, -0.05) is 13.0 Å². The second kappa shape index (κ2) is 9.31. The van der Waals surface area contributed by atoms with Gasteiger partial charge in [0.25, 0.3) is 0 Å². The highest BCUT2D eigenvalue weighted by molar-refractivity contribution is 8.00. The highest BCUT2D eigenvalue weighted by Crippen LogP contribution is 2.36. The molecule has 0 aliphatic heterocycles. The molecule has 1 aliphatic rings. The van der Waals surface area contributed by atoms with Crippen molar-refractivity contribution < 1.29 is 18.7 Å². The first-order valence-electron chi connectivity index (χ1n) is 9.52. The van der Waals surface area contributed by atoms with E-state index >= 15 is 0 Å². The lowest BCUT2D eigenvalue weighted by molar-refractivity contribution is -0.133. The minimum Gasteiger partial charge on any atom is -0.481 e. The number of furan rings is 1. The maximum Gasteiger partial charge on any atom is 0.313 e. The molecule has 0 spiro atoms. The number of aliphatic carboxylic acids is 1. The quantitative estimate of drug-likeness (QED) is 0.618. The van der Waals surface area contributed by atoms with E-state index in [4.69, 9.17) is 18.9 Å². The Hall–Kier alpha value is -1.95. The molecule has 0 bridgehead atoms. The highest BCUT2D eigenvalue weighted by atomic mass is 32.2. The van der Waals surface area contributed by atoms with Crippen LogP contribution in [0.15, 0.2) is 27.0 Å². The van der Waals surface area contributed by atoms with Crippen LogP contribution in [0.1, 0.15) is 67.4 Å². The fourth-order valence-electron chi connectivity index (χ4n) is 3.42. The molecule has 0 unspecified atom stereocenters. The zero-order chi connectivity index (χ0) is 19.2. The van der Waals surface area contributed by atoms with E-state index in [1.54, 1.807) is 0 Å². The van der Waals surface area contributed by atoms with Crippen LogP contribution in [-0.4, -0.2) is 27.6 Å². The van der Waals surface area contributed by atoms with Crippen molar-refractivity contribution >= 4 is 23.8 Å². The fourth-order valence-corrected chi connectivity index (χ4v) is 3.94. The Bertz CT molecular complexity index is 784. The summed E-state index contributed by atoms with van der Waals surface area (Å²) in [5.41, 5.74) is 0.950. The first kappa shape index (κ1) is 19.8. The molecule has 5 nitrogen and oxygen atoms in total. The monoisotopic (exact) mass is 389 g/mol. The molecule has 146 valence electrons. The standard InChI is InChI=1S/C21H27NO4S/c1-14-5-7-16(8-6-14)21-22-19(15(2)25-21)12-18-10-9-17(26-18)4-3-11-27-13-20(23)24/h3-4,9-10,14,16H,5-8,11-13H2,1-2H3,(H,23,24)/b4-3+. The number of carboxylic acid groups (broad SMARTS) is 1. The molecule has 2 aromatic heterocycles. The lowest BCUT2D eigenvalue weighted by Gasteiger charge is -2.23. The Kier molecular flexibility index (Phi) is 6.83. The van der Waals surface area contributed by atoms with Crippen LogP contribution in [0, 0.1) is 12.8 Å². The summed E-state index contributed by atoms with van der Waals surface area (Å²) in [6.07, 6.45) is 9.24. The predicted octanol–water partition coefficient (Wildman–Crippen LogP) is 5.29. The van der Waals surface area contributed by atoms with Crippen LogP contribution in [0.3, 0.4) is 0 Å². The number of rotatable bonds is 8. The van der Waals surface area contributed by atoms with Crippen molar-refractivity contribution in [3.05, 3.63) is 47.1 Å². The maximum atomic E-state index is 10.5. The third-order valence-corrected chi connectivity index (χ3v) is 5.90. The van der Waals surface area contributed by atoms with E-state index in [-0.39, 0.29) is 5.75 Å². The molecule has 1 aliphatic carbocycles. The number of nitrogens with zero attached hydrogens (tertiary/aromatic N) is 1. The Labute approximate surface area is 164 Å². The molecule has 1 N–H and O–H groups in total. The van der Waals surface area contributed by atoms with Gasteiger partial charge in [0.05, 0.1) is 17.9 Å². The van der Waals surface area contributed by atoms with Crippen LogP contribution in [0.25, 0.3) is 6.08 Å². The topological polar surface area (TPSA) is 76.5 Å². The van der Waals surface area contributed by atoms with E-state index in [0.717, 1.165) is 47.6 Å². The Balaban J connectivity index is 1.55. The number of carboxylic acids is 1.